The lowest BCUT2D eigenvalue weighted by molar-refractivity contribution is -0.163. The maximum Gasteiger partial charge on any atom is 0.134 e. The Bertz CT molecular complexity index is 515. The minimum atomic E-state index is -0.382. The summed E-state index contributed by atoms with van der Waals surface area (Å²) < 4.78 is 12.0. The topological polar surface area (TPSA) is 38.7 Å². The Morgan fingerprint density at radius 2 is 2.14 bits per heavy atom. The monoisotopic (exact) mass is 306 g/mol. The highest BCUT2D eigenvalue weighted by Crippen LogP contribution is 2.46. The highest BCUT2D eigenvalue weighted by atomic mass is 32.2. The van der Waals surface area contributed by atoms with E-state index in [4.69, 9.17) is 9.47 Å². The van der Waals surface area contributed by atoms with E-state index in [2.05, 4.69) is 6.07 Å². The molecule has 2 heterocycles. The first kappa shape index (κ1) is 13.9. The third-order valence-corrected chi connectivity index (χ3v) is 6.33. The van der Waals surface area contributed by atoms with Gasteiger partial charge in [-0.25, -0.2) is 0 Å². The van der Waals surface area contributed by atoms with Crippen molar-refractivity contribution in [1.82, 2.24) is 0 Å². The fraction of sp³-hybridized carbons (Fsp3) is 0.647. The van der Waals surface area contributed by atoms with Crippen LogP contribution in [0.5, 0.6) is 5.75 Å². The van der Waals surface area contributed by atoms with Crippen LogP contribution in [0.4, 0.5) is 0 Å². The summed E-state index contributed by atoms with van der Waals surface area (Å²) in [5.74, 6) is 2.07. The molecule has 1 saturated carbocycles. The highest BCUT2D eigenvalue weighted by Gasteiger charge is 2.45. The molecule has 2 fully saturated rings. The molecule has 1 aliphatic carbocycles. The smallest absolute Gasteiger partial charge is 0.134 e. The third kappa shape index (κ3) is 2.58. The summed E-state index contributed by atoms with van der Waals surface area (Å²) in [7, 11) is 0. The van der Waals surface area contributed by atoms with Gasteiger partial charge in [0.25, 0.3) is 0 Å². The van der Waals surface area contributed by atoms with E-state index in [1.165, 1.54) is 24.2 Å². The number of benzene rings is 1. The van der Waals surface area contributed by atoms with Crippen molar-refractivity contribution in [2.24, 2.45) is 5.92 Å². The number of ether oxygens (including phenoxy) is 2. The highest BCUT2D eigenvalue weighted by molar-refractivity contribution is 7.99. The molecule has 0 amide bonds. The minimum Gasteiger partial charge on any atom is -0.486 e. The lowest BCUT2D eigenvalue weighted by Gasteiger charge is -2.48. The van der Waals surface area contributed by atoms with Crippen molar-refractivity contribution in [3.63, 3.8) is 0 Å². The summed E-state index contributed by atoms with van der Waals surface area (Å²) in [4.78, 5) is 1.18. The molecule has 114 valence electrons. The molecular formula is C17H22O3S. The fourth-order valence-corrected chi connectivity index (χ4v) is 4.83. The van der Waals surface area contributed by atoms with Crippen LogP contribution >= 0.6 is 11.8 Å². The summed E-state index contributed by atoms with van der Waals surface area (Å²) in [6.07, 6.45) is 5.08. The van der Waals surface area contributed by atoms with Crippen molar-refractivity contribution in [2.75, 3.05) is 12.4 Å². The quantitative estimate of drug-likeness (QED) is 0.910. The van der Waals surface area contributed by atoms with Crippen LogP contribution in [0.1, 0.15) is 32.1 Å². The number of para-hydroxylation sites is 1. The second-order valence-electron chi connectivity index (χ2n) is 6.54. The van der Waals surface area contributed by atoms with Crippen molar-refractivity contribution >= 4 is 11.8 Å². The molecule has 1 N–H and O–H groups in total. The predicted octanol–water partition coefficient (Wildman–Crippen LogP) is 3.25. The van der Waals surface area contributed by atoms with Crippen molar-refractivity contribution < 1.29 is 14.6 Å². The van der Waals surface area contributed by atoms with Gasteiger partial charge in [-0.1, -0.05) is 12.1 Å². The number of fused-ring (bicyclic) bond motifs is 1. The summed E-state index contributed by atoms with van der Waals surface area (Å²) in [5, 5.41) is 10.8. The molecule has 1 saturated heterocycles. The van der Waals surface area contributed by atoms with Gasteiger partial charge in [0.1, 0.15) is 11.9 Å². The Labute approximate surface area is 130 Å². The van der Waals surface area contributed by atoms with Crippen LogP contribution < -0.4 is 4.74 Å². The molecule has 4 rings (SSSR count). The molecule has 3 nitrogen and oxygen atoms in total. The summed E-state index contributed by atoms with van der Waals surface area (Å²) in [6.45, 7) is 0.790. The van der Waals surface area contributed by atoms with Gasteiger partial charge >= 0.3 is 0 Å². The van der Waals surface area contributed by atoms with Crippen molar-refractivity contribution in [1.29, 1.82) is 0 Å². The van der Waals surface area contributed by atoms with E-state index in [0.29, 0.717) is 5.92 Å². The summed E-state index contributed by atoms with van der Waals surface area (Å²) >= 11 is 1.79. The van der Waals surface area contributed by atoms with E-state index in [-0.39, 0.29) is 17.8 Å². The minimum absolute atomic E-state index is 0.0869. The van der Waals surface area contributed by atoms with Gasteiger partial charge in [-0.2, -0.15) is 0 Å². The van der Waals surface area contributed by atoms with Crippen LogP contribution in [0.2, 0.25) is 0 Å². The molecule has 1 aromatic carbocycles. The first-order valence-electron chi connectivity index (χ1n) is 7.96. The zero-order chi connectivity index (χ0) is 14.3. The molecule has 3 aliphatic rings. The zero-order valence-electron chi connectivity index (χ0n) is 12.2. The fourth-order valence-electron chi connectivity index (χ4n) is 3.78. The lowest BCUT2D eigenvalue weighted by atomic mass is 9.70. The Kier molecular flexibility index (Phi) is 3.64. The standard InChI is InChI=1S/C17H22O3S/c18-16(12-6-9-19-17(10-12)7-3-8-17)14-11-21-15-5-2-1-4-13(15)20-14/h1-2,4-5,12,14,16,18H,3,6-11H2. The maximum atomic E-state index is 10.8. The van der Waals surface area contributed by atoms with Gasteiger partial charge in [0.15, 0.2) is 0 Å². The number of aliphatic hydroxyl groups is 1. The van der Waals surface area contributed by atoms with Gasteiger partial charge in [-0.15, -0.1) is 11.8 Å². The van der Waals surface area contributed by atoms with Crippen LogP contribution in [0, 0.1) is 5.92 Å². The van der Waals surface area contributed by atoms with Crippen LogP contribution in [0.3, 0.4) is 0 Å². The number of hydrogen-bond acceptors (Lipinski definition) is 4. The van der Waals surface area contributed by atoms with Crippen LogP contribution in [-0.4, -0.2) is 35.3 Å². The molecule has 2 aliphatic heterocycles. The largest absolute Gasteiger partial charge is 0.486 e. The SMILES string of the molecule is OC(C1CCOC2(CCC2)C1)C1CSc2ccccc2O1. The van der Waals surface area contributed by atoms with E-state index in [0.717, 1.165) is 31.0 Å². The molecular weight excluding hydrogens is 284 g/mol. The normalized spacial score (nSPS) is 31.9. The second-order valence-corrected chi connectivity index (χ2v) is 7.60. The number of thioether (sulfide) groups is 1. The van der Waals surface area contributed by atoms with Gasteiger partial charge in [0.05, 0.1) is 11.7 Å². The Balaban J connectivity index is 1.44. The third-order valence-electron chi connectivity index (χ3n) is 5.19. The number of aliphatic hydroxyl groups excluding tert-OH is 1. The summed E-state index contributed by atoms with van der Waals surface area (Å²) in [6, 6.07) is 8.11. The van der Waals surface area contributed by atoms with Crippen LogP contribution in [-0.2, 0) is 4.74 Å². The predicted molar refractivity (Wildman–Crippen MR) is 82.8 cm³/mol. The van der Waals surface area contributed by atoms with Gasteiger partial charge in [-0.3, -0.25) is 0 Å². The Hall–Kier alpha value is -0.710. The van der Waals surface area contributed by atoms with E-state index in [1.54, 1.807) is 11.8 Å². The van der Waals surface area contributed by atoms with Crippen molar-refractivity contribution in [2.45, 2.75) is 54.8 Å². The van der Waals surface area contributed by atoms with E-state index in [1.807, 2.05) is 18.2 Å². The van der Waals surface area contributed by atoms with Gasteiger partial charge in [0.2, 0.25) is 0 Å². The molecule has 0 radical (unpaired) electrons. The van der Waals surface area contributed by atoms with E-state index in [9.17, 15) is 5.11 Å². The van der Waals surface area contributed by atoms with E-state index < -0.39 is 0 Å². The van der Waals surface area contributed by atoms with Gasteiger partial charge in [-0.05, 0) is 50.2 Å². The summed E-state index contributed by atoms with van der Waals surface area (Å²) in [5.41, 5.74) is 0.0869. The number of hydrogen-bond donors (Lipinski definition) is 1. The zero-order valence-corrected chi connectivity index (χ0v) is 13.0. The molecule has 0 aromatic heterocycles. The molecule has 1 spiro atoms. The van der Waals surface area contributed by atoms with Crippen molar-refractivity contribution in [3.05, 3.63) is 24.3 Å². The van der Waals surface area contributed by atoms with Gasteiger partial charge < -0.3 is 14.6 Å². The van der Waals surface area contributed by atoms with Crippen LogP contribution in [0.15, 0.2) is 29.2 Å². The lowest BCUT2D eigenvalue weighted by Crippen LogP contribution is -2.51. The second kappa shape index (κ2) is 5.49. The first-order chi connectivity index (χ1) is 10.3. The molecule has 3 atom stereocenters. The maximum absolute atomic E-state index is 10.8. The van der Waals surface area contributed by atoms with Gasteiger partial charge in [0, 0.05) is 17.3 Å². The van der Waals surface area contributed by atoms with Crippen LogP contribution in [0.25, 0.3) is 0 Å². The molecule has 0 bridgehead atoms. The first-order valence-corrected chi connectivity index (χ1v) is 8.95. The average Bonchev–Trinajstić information content (AvgIpc) is 2.52. The molecule has 4 heteroatoms. The number of rotatable bonds is 2. The van der Waals surface area contributed by atoms with Crippen molar-refractivity contribution in [3.8, 4) is 5.75 Å². The Morgan fingerprint density at radius 1 is 1.29 bits per heavy atom. The molecule has 21 heavy (non-hydrogen) atoms. The molecule has 1 aromatic rings. The Morgan fingerprint density at radius 3 is 2.95 bits per heavy atom. The average molecular weight is 306 g/mol. The van der Waals surface area contributed by atoms with E-state index >= 15 is 0 Å². The molecule has 3 unspecified atom stereocenters.